The van der Waals surface area contributed by atoms with Crippen molar-refractivity contribution in [3.63, 3.8) is 0 Å². The Morgan fingerprint density at radius 3 is 2.52 bits per heavy atom. The van der Waals surface area contributed by atoms with E-state index < -0.39 is 5.82 Å². The molecule has 0 aliphatic carbocycles. The van der Waals surface area contributed by atoms with E-state index in [1.807, 2.05) is 23.2 Å². The van der Waals surface area contributed by atoms with Crippen LogP contribution in [0, 0.1) is 17.7 Å². The fourth-order valence-corrected chi connectivity index (χ4v) is 4.87. The van der Waals surface area contributed by atoms with Gasteiger partial charge in [0.2, 0.25) is 0 Å². The van der Waals surface area contributed by atoms with Gasteiger partial charge in [-0.05, 0) is 41.2 Å². The molecule has 1 aliphatic rings. The number of rotatable bonds is 8. The molecule has 1 aromatic heterocycles. The van der Waals surface area contributed by atoms with Gasteiger partial charge in [0.05, 0.1) is 5.56 Å². The van der Waals surface area contributed by atoms with E-state index in [1.54, 1.807) is 24.4 Å². The van der Waals surface area contributed by atoms with Crippen molar-refractivity contribution in [2.24, 2.45) is 11.8 Å². The highest BCUT2D eigenvalue weighted by atomic mass is 19.1. The first-order chi connectivity index (χ1) is 16.0. The quantitative estimate of drug-likeness (QED) is 0.476. The van der Waals surface area contributed by atoms with Crippen LogP contribution in [0.25, 0.3) is 0 Å². The van der Waals surface area contributed by atoms with Crippen LogP contribution < -0.4 is 0 Å². The lowest BCUT2D eigenvalue weighted by atomic mass is 9.88. The molecule has 0 saturated carbocycles. The van der Waals surface area contributed by atoms with Gasteiger partial charge in [0, 0.05) is 51.0 Å². The molecule has 2 heterocycles. The Bertz CT molecular complexity index is 1040. The topological polar surface area (TPSA) is 36.4 Å². The predicted octanol–water partition coefficient (Wildman–Crippen LogP) is 5.23. The summed E-state index contributed by atoms with van der Waals surface area (Å²) >= 11 is 0. The highest BCUT2D eigenvalue weighted by molar-refractivity contribution is 5.94. The summed E-state index contributed by atoms with van der Waals surface area (Å²) in [5, 5.41) is 0. The molecule has 0 N–H and O–H groups in total. The summed E-state index contributed by atoms with van der Waals surface area (Å²) in [6.45, 7) is 8.04. The molecule has 1 saturated heterocycles. The van der Waals surface area contributed by atoms with Crippen molar-refractivity contribution in [1.29, 1.82) is 0 Å². The number of pyridine rings is 1. The lowest BCUT2D eigenvalue weighted by Crippen LogP contribution is -2.40. The second kappa shape index (κ2) is 10.7. The minimum Gasteiger partial charge on any atom is -0.338 e. The second-order valence-electron chi connectivity index (χ2n) is 9.42. The molecule has 0 spiro atoms. The normalized spacial score (nSPS) is 18.5. The van der Waals surface area contributed by atoms with Crippen molar-refractivity contribution in [1.82, 2.24) is 14.8 Å². The van der Waals surface area contributed by atoms with Crippen molar-refractivity contribution in [3.05, 3.63) is 102 Å². The molecule has 3 aromatic rings. The van der Waals surface area contributed by atoms with Crippen LogP contribution >= 0.6 is 0 Å². The molecular formula is C28H32FN3O. The number of nitrogens with zero attached hydrogens (tertiary/aromatic N) is 3. The number of benzene rings is 2. The molecule has 0 radical (unpaired) electrons. The number of amides is 1. The Morgan fingerprint density at radius 1 is 1.06 bits per heavy atom. The number of halogens is 1. The van der Waals surface area contributed by atoms with E-state index in [1.165, 1.54) is 17.2 Å². The number of aromatic nitrogens is 1. The summed E-state index contributed by atoms with van der Waals surface area (Å²) in [5.41, 5.74) is 2.63. The summed E-state index contributed by atoms with van der Waals surface area (Å²) < 4.78 is 14.4. The molecule has 1 aliphatic heterocycles. The molecular weight excluding hydrogens is 413 g/mol. The van der Waals surface area contributed by atoms with Crippen LogP contribution in [0.2, 0.25) is 0 Å². The third-order valence-electron chi connectivity index (χ3n) is 6.31. The average Bonchev–Trinajstić information content (AvgIpc) is 3.21. The van der Waals surface area contributed by atoms with Gasteiger partial charge in [0.25, 0.3) is 5.91 Å². The fourth-order valence-electron chi connectivity index (χ4n) is 4.87. The summed E-state index contributed by atoms with van der Waals surface area (Å²) in [7, 11) is 0. The molecule has 2 aromatic carbocycles. The van der Waals surface area contributed by atoms with Crippen LogP contribution in [-0.2, 0) is 6.54 Å². The third kappa shape index (κ3) is 5.85. The maximum Gasteiger partial charge on any atom is 0.256 e. The zero-order chi connectivity index (χ0) is 23.2. The highest BCUT2D eigenvalue weighted by Crippen LogP contribution is 2.34. The molecule has 2 unspecified atom stereocenters. The highest BCUT2D eigenvalue weighted by Gasteiger charge is 2.36. The van der Waals surface area contributed by atoms with Crippen LogP contribution in [0.3, 0.4) is 0 Å². The van der Waals surface area contributed by atoms with Crippen molar-refractivity contribution in [3.8, 4) is 0 Å². The second-order valence-corrected chi connectivity index (χ2v) is 9.42. The molecule has 2 atom stereocenters. The van der Waals surface area contributed by atoms with Gasteiger partial charge in [-0.15, -0.1) is 0 Å². The lowest BCUT2D eigenvalue weighted by Gasteiger charge is -2.30. The SMILES string of the molecule is CC(C)CN(CC1CN(Cc2cccnc2)CC1c1ccccc1)C(=O)c1ccccc1F. The van der Waals surface area contributed by atoms with Crippen LogP contribution in [0.4, 0.5) is 4.39 Å². The Hall–Kier alpha value is -3.05. The van der Waals surface area contributed by atoms with Gasteiger partial charge in [-0.25, -0.2) is 4.39 Å². The summed E-state index contributed by atoms with van der Waals surface area (Å²) in [5.74, 6) is 0.188. The first-order valence-electron chi connectivity index (χ1n) is 11.7. The largest absolute Gasteiger partial charge is 0.338 e. The van der Waals surface area contributed by atoms with Crippen molar-refractivity contribution in [2.45, 2.75) is 26.3 Å². The lowest BCUT2D eigenvalue weighted by molar-refractivity contribution is 0.0698. The van der Waals surface area contributed by atoms with Gasteiger partial charge in [0.15, 0.2) is 0 Å². The number of hydrogen-bond donors (Lipinski definition) is 0. The van der Waals surface area contributed by atoms with Gasteiger partial charge >= 0.3 is 0 Å². The number of carbonyl (C=O) groups excluding carboxylic acids is 1. The zero-order valence-electron chi connectivity index (χ0n) is 19.4. The molecule has 1 amide bonds. The predicted molar refractivity (Wildman–Crippen MR) is 129 cm³/mol. The molecule has 33 heavy (non-hydrogen) atoms. The smallest absolute Gasteiger partial charge is 0.256 e. The van der Waals surface area contributed by atoms with E-state index in [9.17, 15) is 9.18 Å². The van der Waals surface area contributed by atoms with Gasteiger partial charge in [-0.1, -0.05) is 62.4 Å². The minimum absolute atomic E-state index is 0.152. The monoisotopic (exact) mass is 445 g/mol. The van der Waals surface area contributed by atoms with Crippen LogP contribution in [0.1, 0.15) is 41.3 Å². The Kier molecular flexibility index (Phi) is 7.50. The average molecular weight is 446 g/mol. The van der Waals surface area contributed by atoms with E-state index in [-0.39, 0.29) is 17.4 Å². The van der Waals surface area contributed by atoms with E-state index in [4.69, 9.17) is 0 Å². The maximum atomic E-state index is 14.4. The number of likely N-dealkylation sites (tertiary alicyclic amines) is 1. The molecule has 1 fully saturated rings. The third-order valence-corrected chi connectivity index (χ3v) is 6.31. The van der Waals surface area contributed by atoms with Gasteiger partial charge in [0.1, 0.15) is 5.82 Å². The molecule has 5 heteroatoms. The van der Waals surface area contributed by atoms with E-state index >= 15 is 0 Å². The van der Waals surface area contributed by atoms with Crippen LogP contribution in [0.15, 0.2) is 79.1 Å². The maximum absolute atomic E-state index is 14.4. The van der Waals surface area contributed by atoms with Gasteiger partial charge in [-0.3, -0.25) is 14.7 Å². The summed E-state index contributed by atoms with van der Waals surface area (Å²) in [4.78, 5) is 21.9. The van der Waals surface area contributed by atoms with E-state index in [0.717, 1.165) is 19.6 Å². The Morgan fingerprint density at radius 2 is 1.82 bits per heavy atom. The standard InChI is InChI=1S/C28H32FN3O/c1-21(2)16-32(28(33)25-12-6-7-13-27(25)29)19-24-18-31(17-22-9-8-14-30-15-22)20-26(24)23-10-4-3-5-11-23/h3-15,21,24,26H,16-20H2,1-2H3. The first kappa shape index (κ1) is 23.1. The zero-order valence-corrected chi connectivity index (χ0v) is 19.4. The van der Waals surface area contributed by atoms with Crippen molar-refractivity contribution < 1.29 is 9.18 Å². The Balaban J connectivity index is 1.58. The van der Waals surface area contributed by atoms with Gasteiger partial charge < -0.3 is 4.90 Å². The van der Waals surface area contributed by atoms with Crippen LogP contribution in [-0.4, -0.2) is 46.9 Å². The Labute approximate surface area is 196 Å². The van der Waals surface area contributed by atoms with Gasteiger partial charge in [-0.2, -0.15) is 0 Å². The van der Waals surface area contributed by atoms with E-state index in [0.29, 0.717) is 24.9 Å². The number of hydrogen-bond acceptors (Lipinski definition) is 3. The van der Waals surface area contributed by atoms with Crippen LogP contribution in [0.5, 0.6) is 0 Å². The summed E-state index contributed by atoms with van der Waals surface area (Å²) in [6.07, 6.45) is 3.71. The van der Waals surface area contributed by atoms with Crippen molar-refractivity contribution in [2.75, 3.05) is 26.2 Å². The van der Waals surface area contributed by atoms with E-state index in [2.05, 4.69) is 54.1 Å². The number of carbonyl (C=O) groups is 1. The minimum atomic E-state index is -0.458. The molecule has 4 rings (SSSR count). The first-order valence-corrected chi connectivity index (χ1v) is 11.7. The molecule has 172 valence electrons. The molecule has 0 bridgehead atoms. The fraction of sp³-hybridized carbons (Fsp3) is 0.357. The molecule has 4 nitrogen and oxygen atoms in total. The van der Waals surface area contributed by atoms with Crippen molar-refractivity contribution >= 4 is 5.91 Å². The summed E-state index contributed by atoms with van der Waals surface area (Å²) in [6, 6.07) is 20.9.